The Morgan fingerprint density at radius 1 is 1.03 bits per heavy atom. The Bertz CT molecular complexity index is 1100. The van der Waals surface area contributed by atoms with E-state index in [-0.39, 0.29) is 12.7 Å². The Morgan fingerprint density at radius 3 is 2.62 bits per heavy atom. The van der Waals surface area contributed by atoms with Crippen molar-refractivity contribution < 1.29 is 19.0 Å². The number of anilines is 2. The fraction of sp³-hybridized carbons (Fsp3) is 0.143. The van der Waals surface area contributed by atoms with Gasteiger partial charge in [-0.1, -0.05) is 0 Å². The molecular formula is C21H18BN2O4S. The number of thiophene rings is 1. The van der Waals surface area contributed by atoms with Crippen molar-refractivity contribution in [1.29, 1.82) is 0 Å². The van der Waals surface area contributed by atoms with E-state index in [0.29, 0.717) is 27.7 Å². The van der Waals surface area contributed by atoms with Crippen molar-refractivity contribution >= 4 is 41.7 Å². The van der Waals surface area contributed by atoms with E-state index >= 15 is 0 Å². The molecule has 2 aromatic carbocycles. The Labute approximate surface area is 173 Å². The summed E-state index contributed by atoms with van der Waals surface area (Å²) in [5, 5.41) is 6.06. The number of ether oxygens (including phenoxy) is 3. The summed E-state index contributed by atoms with van der Waals surface area (Å²) >= 11 is 1.31. The molecule has 29 heavy (non-hydrogen) atoms. The first-order chi connectivity index (χ1) is 14.0. The zero-order chi connectivity index (χ0) is 20.4. The minimum atomic E-state index is -0.214. The molecule has 1 amide bonds. The molecule has 4 rings (SSSR count). The molecule has 0 saturated heterocycles. The summed E-state index contributed by atoms with van der Waals surface area (Å²) in [6, 6.07) is 14.5. The van der Waals surface area contributed by atoms with Gasteiger partial charge in [-0.3, -0.25) is 0 Å². The zero-order valence-corrected chi connectivity index (χ0v) is 16.8. The van der Waals surface area contributed by atoms with E-state index in [0.717, 1.165) is 21.9 Å². The van der Waals surface area contributed by atoms with Crippen LogP contribution in [0, 0.1) is 6.92 Å². The molecule has 1 aliphatic rings. The van der Waals surface area contributed by atoms with Gasteiger partial charge in [0.25, 0.3) is 0 Å². The van der Waals surface area contributed by atoms with E-state index in [4.69, 9.17) is 21.7 Å². The topological polar surface area (TPSA) is 68.8 Å². The van der Waals surface area contributed by atoms with Crippen molar-refractivity contribution in [3.63, 3.8) is 0 Å². The molecule has 3 aromatic rings. The van der Waals surface area contributed by atoms with E-state index in [1.165, 1.54) is 11.3 Å². The van der Waals surface area contributed by atoms with E-state index in [1.54, 1.807) is 31.4 Å². The van der Waals surface area contributed by atoms with Crippen molar-refractivity contribution in [3.8, 4) is 17.2 Å². The molecule has 8 heteroatoms. The van der Waals surface area contributed by atoms with Gasteiger partial charge in [-0.2, -0.15) is 0 Å². The second-order valence-corrected chi connectivity index (χ2v) is 7.49. The molecular weight excluding hydrogens is 387 g/mol. The zero-order valence-electron chi connectivity index (χ0n) is 15.9. The Balaban J connectivity index is 1.43. The van der Waals surface area contributed by atoms with Crippen LogP contribution in [0.3, 0.4) is 0 Å². The third-order valence-corrected chi connectivity index (χ3v) is 5.55. The molecule has 6 nitrogen and oxygen atoms in total. The van der Waals surface area contributed by atoms with Crippen LogP contribution < -0.4 is 24.8 Å². The van der Waals surface area contributed by atoms with Crippen LogP contribution in [0.2, 0.25) is 0 Å². The monoisotopic (exact) mass is 405 g/mol. The summed E-state index contributed by atoms with van der Waals surface area (Å²) in [5.41, 5.74) is 3.00. The van der Waals surface area contributed by atoms with Gasteiger partial charge in [0, 0.05) is 0 Å². The Morgan fingerprint density at radius 2 is 1.83 bits per heavy atom. The van der Waals surface area contributed by atoms with Crippen LogP contribution in [-0.4, -0.2) is 32.9 Å². The molecule has 2 N–H and O–H groups in total. The molecule has 0 atom stereocenters. The molecule has 0 aliphatic carbocycles. The van der Waals surface area contributed by atoms with E-state index in [9.17, 15) is 4.79 Å². The van der Waals surface area contributed by atoms with Crippen molar-refractivity contribution in [2.75, 3.05) is 24.5 Å². The molecule has 1 aliphatic heterocycles. The molecule has 0 fully saturated rings. The molecule has 0 spiro atoms. The number of aryl methyl sites for hydroxylation is 1. The number of nitrogens with one attached hydrogen (secondary N) is 2. The van der Waals surface area contributed by atoms with Crippen LogP contribution in [-0.2, 0) is 0 Å². The first-order valence-electron chi connectivity index (χ1n) is 8.89. The van der Waals surface area contributed by atoms with Crippen LogP contribution in [0.25, 0.3) is 0 Å². The molecule has 2 heterocycles. The van der Waals surface area contributed by atoms with Crippen LogP contribution in [0.15, 0.2) is 48.5 Å². The number of carbonyl (C=O) groups is 1. The number of benzene rings is 2. The van der Waals surface area contributed by atoms with E-state index < -0.39 is 0 Å². The van der Waals surface area contributed by atoms with Crippen LogP contribution in [0.1, 0.15) is 20.1 Å². The third kappa shape index (κ3) is 4.12. The van der Waals surface area contributed by atoms with Crippen LogP contribution >= 0.6 is 11.3 Å². The van der Waals surface area contributed by atoms with Gasteiger partial charge in [0.15, 0.2) is 0 Å². The molecule has 1 aromatic heterocycles. The first kappa shape index (κ1) is 19.1. The number of hydrogen-bond acceptors (Lipinski definition) is 6. The number of hydrogen-bond donors (Lipinski definition) is 2. The number of carbonyl (C=O) groups excluding carboxylic acids is 1. The molecule has 0 unspecified atom stereocenters. The summed E-state index contributed by atoms with van der Waals surface area (Å²) in [6.45, 7) is 2.16. The van der Waals surface area contributed by atoms with Crippen LogP contribution in [0.4, 0.5) is 11.4 Å². The summed E-state index contributed by atoms with van der Waals surface area (Å²) in [4.78, 5) is 13.9. The van der Waals surface area contributed by atoms with Gasteiger partial charge in [0.2, 0.25) is 0 Å². The number of amides is 1. The third-order valence-electron chi connectivity index (χ3n) is 4.43. The average molecular weight is 405 g/mol. The van der Waals surface area contributed by atoms with Crippen molar-refractivity contribution in [3.05, 3.63) is 63.8 Å². The predicted molar refractivity (Wildman–Crippen MR) is 116 cm³/mol. The maximum atomic E-state index is 12.6. The predicted octanol–water partition coefficient (Wildman–Crippen LogP) is 3.80. The second-order valence-electron chi connectivity index (χ2n) is 6.41. The Hall–Kier alpha value is -3.26. The molecule has 0 saturated carbocycles. The summed E-state index contributed by atoms with van der Waals surface area (Å²) in [6.07, 6.45) is 0. The standard InChI is InChI=1S/C21H18BN2O4S/c1-12-9-14(26-2)4-5-15(12)24-20(22)18-7-8-19(29-18)21(25)23-13-3-6-16-17(10-13)28-11-27-16/h3-10,24H,11H2,1-2H3,(H,23,25). The number of fused-ring (bicyclic) bond motifs is 1. The minimum absolute atomic E-state index is 0.191. The quantitative estimate of drug-likeness (QED) is 0.611. The van der Waals surface area contributed by atoms with Crippen molar-refractivity contribution in [2.45, 2.75) is 6.92 Å². The maximum absolute atomic E-state index is 12.6. The SMILES string of the molecule is [B]=C(Nc1ccc(OC)cc1C)c1ccc(C(=O)Nc2ccc3c(c2)OCO3)s1. The van der Waals surface area contributed by atoms with Gasteiger partial charge in [0.05, 0.1) is 0 Å². The summed E-state index contributed by atoms with van der Waals surface area (Å²) in [5.74, 6) is 1.86. The van der Waals surface area contributed by atoms with Gasteiger partial charge in [0.1, 0.15) is 0 Å². The van der Waals surface area contributed by atoms with Gasteiger partial charge < -0.3 is 0 Å². The number of rotatable bonds is 6. The van der Waals surface area contributed by atoms with Gasteiger partial charge >= 0.3 is 173 Å². The Kier molecular flexibility index (Phi) is 5.27. The van der Waals surface area contributed by atoms with Gasteiger partial charge in [-0.25, -0.2) is 0 Å². The summed E-state index contributed by atoms with van der Waals surface area (Å²) < 4.78 is 15.8. The van der Waals surface area contributed by atoms with Crippen molar-refractivity contribution in [1.82, 2.24) is 0 Å². The van der Waals surface area contributed by atoms with Crippen LogP contribution in [0.5, 0.6) is 17.2 Å². The van der Waals surface area contributed by atoms with Gasteiger partial charge in [-0.05, 0) is 0 Å². The van der Waals surface area contributed by atoms with Gasteiger partial charge in [-0.15, -0.1) is 0 Å². The number of methoxy groups -OCH3 is 1. The first-order valence-corrected chi connectivity index (χ1v) is 9.70. The molecule has 145 valence electrons. The normalized spacial score (nSPS) is 11.8. The molecule has 0 bridgehead atoms. The second kappa shape index (κ2) is 8.01. The fourth-order valence-corrected chi connectivity index (χ4v) is 3.70. The fourth-order valence-electron chi connectivity index (χ4n) is 2.88. The molecule has 1 radical (unpaired) electrons. The average Bonchev–Trinajstić information content (AvgIpc) is 3.38. The van der Waals surface area contributed by atoms with E-state index in [1.807, 2.05) is 31.2 Å². The van der Waals surface area contributed by atoms with E-state index in [2.05, 4.69) is 10.6 Å². The summed E-state index contributed by atoms with van der Waals surface area (Å²) in [7, 11) is 7.85. The van der Waals surface area contributed by atoms with Crippen molar-refractivity contribution in [2.24, 2.45) is 0 Å².